The summed E-state index contributed by atoms with van der Waals surface area (Å²) in [5, 5.41) is 0. The summed E-state index contributed by atoms with van der Waals surface area (Å²) in [7, 11) is 1.63. The van der Waals surface area contributed by atoms with Gasteiger partial charge in [0.05, 0.1) is 39.6 Å². The Bertz CT molecular complexity index is 1120. The van der Waals surface area contributed by atoms with E-state index in [0.717, 1.165) is 24.2 Å². The van der Waals surface area contributed by atoms with E-state index in [4.69, 9.17) is 18.9 Å². The Morgan fingerprint density at radius 3 is 2.66 bits per heavy atom. The Labute approximate surface area is 186 Å². The molecule has 32 heavy (non-hydrogen) atoms. The summed E-state index contributed by atoms with van der Waals surface area (Å²) >= 11 is 0. The predicted octanol–water partition coefficient (Wildman–Crippen LogP) is 2.98. The Kier molecular flexibility index (Phi) is 6.48. The molecule has 9 nitrogen and oxygen atoms in total. The fraction of sp³-hybridized carbons (Fsp3) is 0.522. The molecule has 0 radical (unpaired) electrons. The highest BCUT2D eigenvalue weighted by molar-refractivity contribution is 5.71. The number of hydrogen-bond donors (Lipinski definition) is 0. The quantitative estimate of drug-likeness (QED) is 0.471. The van der Waals surface area contributed by atoms with Gasteiger partial charge in [-0.2, -0.15) is 4.98 Å². The molecule has 1 atom stereocenters. The highest BCUT2D eigenvalue weighted by Gasteiger charge is 2.33. The van der Waals surface area contributed by atoms with Gasteiger partial charge in [0.15, 0.2) is 11.4 Å². The summed E-state index contributed by atoms with van der Waals surface area (Å²) in [5.74, 6) is 0.102. The number of nitrogens with zero attached hydrogens (tertiary/aromatic N) is 4. The molecule has 0 amide bonds. The molecule has 3 heterocycles. The first-order valence-electron chi connectivity index (χ1n) is 10.9. The van der Waals surface area contributed by atoms with Crippen LogP contribution in [-0.4, -0.2) is 51.3 Å². The highest BCUT2D eigenvalue weighted by atomic mass is 16.7. The lowest BCUT2D eigenvalue weighted by molar-refractivity contribution is -0.139. The summed E-state index contributed by atoms with van der Waals surface area (Å²) < 4.78 is 25.8. The lowest BCUT2D eigenvalue weighted by Crippen LogP contribution is -2.31. The molecule has 0 saturated carbocycles. The molecule has 1 fully saturated rings. The molecule has 2 aromatic heterocycles. The van der Waals surface area contributed by atoms with Crippen LogP contribution in [0.15, 0.2) is 35.3 Å². The van der Waals surface area contributed by atoms with Crippen molar-refractivity contribution in [1.29, 1.82) is 0 Å². The minimum Gasteiger partial charge on any atom is -0.497 e. The molecule has 0 bridgehead atoms. The molecule has 4 rings (SSSR count). The van der Waals surface area contributed by atoms with Crippen molar-refractivity contribution in [3.63, 3.8) is 0 Å². The third-order valence-electron chi connectivity index (χ3n) is 5.42. The summed E-state index contributed by atoms with van der Waals surface area (Å²) in [6, 6.07) is 7.89. The molecule has 0 spiro atoms. The SMILES string of the molecule is CCCCOc1ncc2c(n1)n(Cc1ccc(OC)cc1)c(=O)n2C[C@H]1COC(C)(C)O1. The van der Waals surface area contributed by atoms with Crippen LogP contribution >= 0.6 is 0 Å². The molecule has 0 aliphatic carbocycles. The van der Waals surface area contributed by atoms with Crippen LogP contribution in [0.5, 0.6) is 11.8 Å². The lowest BCUT2D eigenvalue weighted by Gasteiger charge is -2.17. The predicted molar refractivity (Wildman–Crippen MR) is 119 cm³/mol. The van der Waals surface area contributed by atoms with E-state index in [-0.39, 0.29) is 17.8 Å². The Balaban J connectivity index is 1.70. The van der Waals surface area contributed by atoms with Crippen molar-refractivity contribution < 1.29 is 18.9 Å². The van der Waals surface area contributed by atoms with Crippen LogP contribution in [0.4, 0.5) is 0 Å². The summed E-state index contributed by atoms with van der Waals surface area (Å²) in [4.78, 5) is 22.3. The second-order valence-corrected chi connectivity index (χ2v) is 8.34. The Morgan fingerprint density at radius 1 is 1.22 bits per heavy atom. The number of methoxy groups -OCH3 is 1. The van der Waals surface area contributed by atoms with Crippen molar-refractivity contribution in [2.45, 2.75) is 58.6 Å². The van der Waals surface area contributed by atoms with Crippen molar-refractivity contribution in [1.82, 2.24) is 19.1 Å². The molecule has 9 heteroatoms. The normalized spacial score (nSPS) is 17.7. The lowest BCUT2D eigenvalue weighted by atomic mass is 10.2. The van der Waals surface area contributed by atoms with Gasteiger partial charge in [-0.25, -0.2) is 9.78 Å². The fourth-order valence-corrected chi connectivity index (χ4v) is 3.75. The number of aromatic nitrogens is 4. The number of rotatable bonds is 9. The van der Waals surface area contributed by atoms with Gasteiger partial charge in [0, 0.05) is 0 Å². The molecular formula is C23H30N4O5. The van der Waals surface area contributed by atoms with Crippen LogP contribution in [-0.2, 0) is 22.6 Å². The Hall–Kier alpha value is -2.91. The number of ether oxygens (including phenoxy) is 4. The van der Waals surface area contributed by atoms with E-state index in [1.165, 1.54) is 0 Å². The number of unbranched alkanes of at least 4 members (excludes halogenated alkanes) is 1. The zero-order valence-electron chi connectivity index (χ0n) is 19.0. The molecule has 3 aromatic rings. The summed E-state index contributed by atoms with van der Waals surface area (Å²) in [5.41, 5.74) is 1.95. The van der Waals surface area contributed by atoms with Crippen LogP contribution in [0.3, 0.4) is 0 Å². The monoisotopic (exact) mass is 442 g/mol. The second-order valence-electron chi connectivity index (χ2n) is 8.34. The standard InChI is InChI=1S/C23H30N4O5/c1-5-6-11-30-21-24-12-19-20(25-21)27(13-16-7-9-17(29-4)10-8-16)22(28)26(19)14-18-15-31-23(2,3)32-18/h7-10,12,18H,5-6,11,13-15H2,1-4H3/t18-/m0/s1. The van der Waals surface area contributed by atoms with Gasteiger partial charge in [0.25, 0.3) is 0 Å². The number of benzene rings is 1. The van der Waals surface area contributed by atoms with Gasteiger partial charge < -0.3 is 18.9 Å². The van der Waals surface area contributed by atoms with E-state index in [9.17, 15) is 4.79 Å². The van der Waals surface area contributed by atoms with E-state index in [1.54, 1.807) is 22.4 Å². The zero-order chi connectivity index (χ0) is 22.7. The van der Waals surface area contributed by atoms with Gasteiger partial charge in [-0.3, -0.25) is 9.13 Å². The highest BCUT2D eigenvalue weighted by Crippen LogP contribution is 2.24. The zero-order valence-corrected chi connectivity index (χ0v) is 19.0. The molecule has 1 aromatic carbocycles. The Morgan fingerprint density at radius 2 is 2.00 bits per heavy atom. The maximum absolute atomic E-state index is 13.4. The van der Waals surface area contributed by atoms with Gasteiger partial charge in [-0.05, 0) is 38.0 Å². The topological polar surface area (TPSA) is 89.6 Å². The molecular weight excluding hydrogens is 412 g/mol. The van der Waals surface area contributed by atoms with Crippen LogP contribution in [0, 0.1) is 0 Å². The first-order valence-corrected chi connectivity index (χ1v) is 10.9. The van der Waals surface area contributed by atoms with Crippen molar-refractivity contribution in [3.8, 4) is 11.8 Å². The van der Waals surface area contributed by atoms with Crippen LogP contribution in [0.1, 0.15) is 39.2 Å². The minimum atomic E-state index is -0.660. The third kappa shape index (κ3) is 4.78. The van der Waals surface area contributed by atoms with Gasteiger partial charge >= 0.3 is 11.7 Å². The first-order chi connectivity index (χ1) is 15.4. The molecule has 1 aliphatic heterocycles. The van der Waals surface area contributed by atoms with E-state index in [0.29, 0.717) is 37.5 Å². The minimum absolute atomic E-state index is 0.177. The van der Waals surface area contributed by atoms with Gasteiger partial charge in [-0.15, -0.1) is 0 Å². The average Bonchev–Trinajstić information content (AvgIpc) is 3.25. The van der Waals surface area contributed by atoms with Gasteiger partial charge in [0.1, 0.15) is 17.4 Å². The summed E-state index contributed by atoms with van der Waals surface area (Å²) in [6.07, 6.45) is 3.34. The average molecular weight is 443 g/mol. The van der Waals surface area contributed by atoms with Crippen molar-refractivity contribution in [3.05, 3.63) is 46.5 Å². The van der Waals surface area contributed by atoms with Crippen LogP contribution < -0.4 is 15.2 Å². The number of fused-ring (bicyclic) bond motifs is 1. The largest absolute Gasteiger partial charge is 0.497 e. The maximum atomic E-state index is 13.4. The van der Waals surface area contributed by atoms with E-state index in [2.05, 4.69) is 16.9 Å². The number of imidazole rings is 1. The molecule has 1 aliphatic rings. The molecule has 172 valence electrons. The summed E-state index contributed by atoms with van der Waals surface area (Å²) in [6.45, 7) is 7.50. The molecule has 0 N–H and O–H groups in total. The molecule has 1 saturated heterocycles. The fourth-order valence-electron chi connectivity index (χ4n) is 3.75. The van der Waals surface area contributed by atoms with Gasteiger partial charge in [-0.1, -0.05) is 25.5 Å². The van der Waals surface area contributed by atoms with Gasteiger partial charge in [0.2, 0.25) is 0 Å². The van der Waals surface area contributed by atoms with Crippen molar-refractivity contribution >= 4 is 11.2 Å². The van der Waals surface area contributed by atoms with E-state index >= 15 is 0 Å². The maximum Gasteiger partial charge on any atom is 0.330 e. The molecule has 0 unspecified atom stereocenters. The third-order valence-corrected chi connectivity index (χ3v) is 5.42. The van der Waals surface area contributed by atoms with Crippen molar-refractivity contribution in [2.24, 2.45) is 0 Å². The van der Waals surface area contributed by atoms with Crippen molar-refractivity contribution in [2.75, 3.05) is 20.3 Å². The smallest absolute Gasteiger partial charge is 0.330 e. The number of hydrogen-bond acceptors (Lipinski definition) is 7. The second kappa shape index (κ2) is 9.30. The van der Waals surface area contributed by atoms with Crippen LogP contribution in [0.25, 0.3) is 11.2 Å². The van der Waals surface area contributed by atoms with Crippen LogP contribution in [0.2, 0.25) is 0 Å². The van der Waals surface area contributed by atoms with E-state index < -0.39 is 5.79 Å². The first kappa shape index (κ1) is 22.3. The van der Waals surface area contributed by atoms with E-state index in [1.807, 2.05) is 38.1 Å².